The molecule has 0 saturated heterocycles. The Morgan fingerprint density at radius 2 is 2.00 bits per heavy atom. The number of ether oxygens (including phenoxy) is 1. The summed E-state index contributed by atoms with van der Waals surface area (Å²) in [5.74, 6) is -0.103. The fourth-order valence-corrected chi connectivity index (χ4v) is 4.06. The van der Waals surface area contributed by atoms with Gasteiger partial charge in [0.25, 0.3) is 11.5 Å². The van der Waals surface area contributed by atoms with Crippen LogP contribution >= 0.6 is 0 Å². The van der Waals surface area contributed by atoms with E-state index in [-0.39, 0.29) is 17.5 Å². The number of esters is 1. The van der Waals surface area contributed by atoms with Crippen LogP contribution in [0, 0.1) is 0 Å². The third kappa shape index (κ3) is 3.66. The van der Waals surface area contributed by atoms with Gasteiger partial charge in [0.15, 0.2) is 6.10 Å². The van der Waals surface area contributed by atoms with Gasteiger partial charge in [-0.3, -0.25) is 14.2 Å². The average molecular weight is 383 g/mol. The minimum absolute atomic E-state index is 0.0716. The smallest absolute Gasteiger partial charge is 0.338 e. The number of hydrogen-bond donors (Lipinski definition) is 1. The predicted octanol–water partition coefficient (Wildman–Crippen LogP) is 2.34. The van der Waals surface area contributed by atoms with Crippen molar-refractivity contribution in [1.82, 2.24) is 14.9 Å². The van der Waals surface area contributed by atoms with E-state index in [0.29, 0.717) is 23.0 Å². The zero-order valence-electron chi connectivity index (χ0n) is 16.1. The topological polar surface area (TPSA) is 90.3 Å². The Morgan fingerprint density at radius 1 is 1.21 bits per heavy atom. The second-order valence-corrected chi connectivity index (χ2v) is 7.71. The SMILES string of the molecule is CC(OC(=O)c1ccc2c(=O)n3c(nc2c1)CCC3)C(=O)NC1CCCCC1. The van der Waals surface area contributed by atoms with Crippen LogP contribution in [0.3, 0.4) is 0 Å². The van der Waals surface area contributed by atoms with Gasteiger partial charge in [0, 0.05) is 19.0 Å². The van der Waals surface area contributed by atoms with E-state index in [0.717, 1.165) is 44.3 Å². The largest absolute Gasteiger partial charge is 0.449 e. The highest BCUT2D eigenvalue weighted by molar-refractivity contribution is 5.95. The monoisotopic (exact) mass is 383 g/mol. The highest BCUT2D eigenvalue weighted by atomic mass is 16.5. The van der Waals surface area contributed by atoms with Crippen molar-refractivity contribution in [1.29, 1.82) is 0 Å². The normalized spacial score (nSPS) is 17.9. The van der Waals surface area contributed by atoms with Crippen molar-refractivity contribution >= 4 is 22.8 Å². The fraction of sp³-hybridized carbons (Fsp3) is 0.524. The number of aryl methyl sites for hydroxylation is 1. The second-order valence-electron chi connectivity index (χ2n) is 7.71. The van der Waals surface area contributed by atoms with E-state index >= 15 is 0 Å². The maximum absolute atomic E-state index is 12.5. The molecule has 1 saturated carbocycles. The Bertz CT molecular complexity index is 976. The zero-order chi connectivity index (χ0) is 19.7. The number of aromatic nitrogens is 2. The molecule has 4 rings (SSSR count). The first-order valence-electron chi connectivity index (χ1n) is 10.1. The van der Waals surface area contributed by atoms with Crippen LogP contribution in [-0.4, -0.2) is 33.6 Å². The summed E-state index contributed by atoms with van der Waals surface area (Å²) in [5.41, 5.74) is 0.712. The first-order chi connectivity index (χ1) is 13.5. The van der Waals surface area contributed by atoms with Crippen LogP contribution in [0.2, 0.25) is 0 Å². The van der Waals surface area contributed by atoms with E-state index in [4.69, 9.17) is 4.74 Å². The summed E-state index contributed by atoms with van der Waals surface area (Å²) in [6.07, 6.45) is 6.19. The number of fused-ring (bicyclic) bond motifs is 2. The summed E-state index contributed by atoms with van der Waals surface area (Å²) in [5, 5.41) is 3.46. The number of carbonyl (C=O) groups excluding carboxylic acids is 2. The van der Waals surface area contributed by atoms with Crippen molar-refractivity contribution in [2.45, 2.75) is 70.6 Å². The number of nitrogens with zero attached hydrogens (tertiary/aromatic N) is 2. The van der Waals surface area contributed by atoms with E-state index in [9.17, 15) is 14.4 Å². The molecule has 0 radical (unpaired) electrons. The molecule has 7 nitrogen and oxygen atoms in total. The van der Waals surface area contributed by atoms with Crippen molar-refractivity contribution in [3.63, 3.8) is 0 Å². The maximum Gasteiger partial charge on any atom is 0.338 e. The number of amides is 1. The van der Waals surface area contributed by atoms with Gasteiger partial charge < -0.3 is 10.1 Å². The molecule has 1 aromatic carbocycles. The van der Waals surface area contributed by atoms with Crippen molar-refractivity contribution in [3.8, 4) is 0 Å². The summed E-state index contributed by atoms with van der Waals surface area (Å²) in [4.78, 5) is 41.9. The Labute approximate surface area is 163 Å². The number of rotatable bonds is 4. The lowest BCUT2D eigenvalue weighted by atomic mass is 9.95. The maximum atomic E-state index is 12.5. The standard InChI is InChI=1S/C21H25N3O4/c1-13(19(25)22-15-6-3-2-4-7-15)28-21(27)14-9-10-16-17(12-14)23-18-8-5-11-24(18)20(16)26/h9-10,12-13,15H,2-8,11H2,1H3,(H,22,25). The lowest BCUT2D eigenvalue weighted by molar-refractivity contribution is -0.130. The summed E-state index contributed by atoms with van der Waals surface area (Å²) >= 11 is 0. The summed E-state index contributed by atoms with van der Waals surface area (Å²) in [6, 6.07) is 4.91. The minimum atomic E-state index is -0.872. The molecule has 1 atom stereocenters. The molecule has 2 aromatic rings. The molecule has 28 heavy (non-hydrogen) atoms. The molecule has 1 N–H and O–H groups in total. The third-order valence-electron chi connectivity index (χ3n) is 5.66. The molecule has 0 bridgehead atoms. The summed E-state index contributed by atoms with van der Waals surface area (Å²) in [7, 11) is 0. The van der Waals surface area contributed by atoms with Crippen LogP contribution in [0.25, 0.3) is 10.9 Å². The van der Waals surface area contributed by atoms with Crippen LogP contribution < -0.4 is 10.9 Å². The molecule has 7 heteroatoms. The molecule has 1 aromatic heterocycles. The lowest BCUT2D eigenvalue weighted by Gasteiger charge is -2.24. The Balaban J connectivity index is 1.47. The highest BCUT2D eigenvalue weighted by Gasteiger charge is 2.23. The summed E-state index contributed by atoms with van der Waals surface area (Å²) in [6.45, 7) is 2.27. The number of nitrogens with one attached hydrogen (secondary N) is 1. The Kier molecular flexibility index (Phi) is 5.15. The van der Waals surface area contributed by atoms with Gasteiger partial charge in [-0.1, -0.05) is 19.3 Å². The van der Waals surface area contributed by atoms with Crippen LogP contribution in [0.5, 0.6) is 0 Å². The first kappa shape index (κ1) is 18.7. The number of hydrogen-bond acceptors (Lipinski definition) is 5. The van der Waals surface area contributed by atoms with Crippen LogP contribution in [0.1, 0.15) is 61.6 Å². The molecular weight excluding hydrogens is 358 g/mol. The molecule has 148 valence electrons. The van der Waals surface area contributed by atoms with Gasteiger partial charge in [-0.25, -0.2) is 9.78 Å². The fourth-order valence-electron chi connectivity index (χ4n) is 4.06. The van der Waals surface area contributed by atoms with Crippen LogP contribution in [-0.2, 0) is 22.5 Å². The Hall–Kier alpha value is -2.70. The molecule has 1 unspecified atom stereocenters. The minimum Gasteiger partial charge on any atom is -0.449 e. The quantitative estimate of drug-likeness (QED) is 0.819. The van der Waals surface area contributed by atoms with E-state index in [1.165, 1.54) is 6.42 Å². The highest BCUT2D eigenvalue weighted by Crippen LogP contribution is 2.19. The first-order valence-corrected chi connectivity index (χ1v) is 10.1. The van der Waals surface area contributed by atoms with Crippen LogP contribution in [0.4, 0.5) is 0 Å². The summed E-state index contributed by atoms with van der Waals surface area (Å²) < 4.78 is 7.04. The second kappa shape index (κ2) is 7.73. The number of benzene rings is 1. The van der Waals surface area contributed by atoms with Gasteiger partial charge in [-0.05, 0) is 44.4 Å². The van der Waals surface area contributed by atoms with E-state index in [1.54, 1.807) is 29.7 Å². The van der Waals surface area contributed by atoms with E-state index in [1.807, 2.05) is 0 Å². The molecule has 2 aliphatic rings. The number of carbonyl (C=O) groups is 2. The van der Waals surface area contributed by atoms with Crippen molar-refractivity contribution in [3.05, 3.63) is 39.9 Å². The van der Waals surface area contributed by atoms with Gasteiger partial charge in [-0.15, -0.1) is 0 Å². The Morgan fingerprint density at radius 3 is 2.79 bits per heavy atom. The molecule has 0 spiro atoms. The molecule has 2 heterocycles. The van der Waals surface area contributed by atoms with Gasteiger partial charge >= 0.3 is 5.97 Å². The predicted molar refractivity (Wildman–Crippen MR) is 104 cm³/mol. The molecule has 1 amide bonds. The van der Waals surface area contributed by atoms with Crippen molar-refractivity contribution < 1.29 is 14.3 Å². The van der Waals surface area contributed by atoms with E-state index in [2.05, 4.69) is 10.3 Å². The molecule has 1 aliphatic heterocycles. The van der Waals surface area contributed by atoms with Gasteiger partial charge in [0.1, 0.15) is 5.82 Å². The van der Waals surface area contributed by atoms with Crippen LogP contribution in [0.15, 0.2) is 23.0 Å². The van der Waals surface area contributed by atoms with Gasteiger partial charge in [-0.2, -0.15) is 0 Å². The van der Waals surface area contributed by atoms with E-state index < -0.39 is 12.1 Å². The third-order valence-corrected chi connectivity index (χ3v) is 5.66. The van der Waals surface area contributed by atoms with Gasteiger partial charge in [0.05, 0.1) is 16.5 Å². The van der Waals surface area contributed by atoms with Gasteiger partial charge in [0.2, 0.25) is 0 Å². The average Bonchev–Trinajstić information content (AvgIpc) is 3.17. The lowest BCUT2D eigenvalue weighted by Crippen LogP contribution is -2.42. The zero-order valence-corrected chi connectivity index (χ0v) is 16.1. The molecule has 1 fully saturated rings. The van der Waals surface area contributed by atoms with Crippen molar-refractivity contribution in [2.75, 3.05) is 0 Å². The molecular formula is C21H25N3O4. The van der Waals surface area contributed by atoms with Crippen molar-refractivity contribution in [2.24, 2.45) is 0 Å². The molecule has 1 aliphatic carbocycles.